The summed E-state index contributed by atoms with van der Waals surface area (Å²) in [5.41, 5.74) is 0.496. The van der Waals surface area contributed by atoms with E-state index in [-0.39, 0.29) is 11.9 Å². The van der Waals surface area contributed by atoms with Crippen molar-refractivity contribution in [2.24, 2.45) is 17.8 Å². The Balaban J connectivity index is 1.85. The van der Waals surface area contributed by atoms with E-state index < -0.39 is 11.6 Å². The van der Waals surface area contributed by atoms with Crippen LogP contribution in [-0.2, 0) is 6.42 Å². The summed E-state index contributed by atoms with van der Waals surface area (Å²) in [5.74, 6) is 1.03. The van der Waals surface area contributed by atoms with Gasteiger partial charge in [-0.3, -0.25) is 0 Å². The fourth-order valence-electron chi connectivity index (χ4n) is 5.71. The van der Waals surface area contributed by atoms with Gasteiger partial charge in [0.05, 0.1) is 6.10 Å². The number of hydrogen-bond acceptors (Lipinski definition) is 1. The van der Waals surface area contributed by atoms with Crippen LogP contribution in [0.2, 0.25) is 0 Å². The first-order chi connectivity index (χ1) is 15.5. The molecule has 184 valence electrons. The molecule has 32 heavy (non-hydrogen) atoms. The van der Waals surface area contributed by atoms with E-state index in [2.05, 4.69) is 20.8 Å². The lowest BCUT2D eigenvalue weighted by molar-refractivity contribution is 0.179. The summed E-state index contributed by atoms with van der Waals surface area (Å²) in [7, 11) is 0. The minimum Gasteiger partial charge on any atom is -0.488 e. The van der Waals surface area contributed by atoms with Gasteiger partial charge in [-0.15, -0.1) is 0 Å². The summed E-state index contributed by atoms with van der Waals surface area (Å²) in [4.78, 5) is 0. The molecule has 1 aromatic carbocycles. The van der Waals surface area contributed by atoms with Crippen LogP contribution >= 0.6 is 0 Å². The number of ether oxygens (including phenoxy) is 1. The molecule has 1 fully saturated rings. The molecule has 0 amide bonds. The number of aryl methyl sites for hydroxylation is 1. The highest BCUT2D eigenvalue weighted by Crippen LogP contribution is 2.39. The zero-order chi connectivity index (χ0) is 23.3. The molecule has 0 N–H and O–H groups in total. The molecule has 2 atom stereocenters. The first kappa shape index (κ1) is 27.1. The molecule has 0 spiro atoms. The Morgan fingerprint density at radius 2 is 1.59 bits per heavy atom. The molecule has 0 radical (unpaired) electrons. The predicted molar refractivity (Wildman–Crippen MR) is 132 cm³/mol. The topological polar surface area (TPSA) is 9.23 Å². The summed E-state index contributed by atoms with van der Waals surface area (Å²) in [5, 5.41) is 0. The van der Waals surface area contributed by atoms with Gasteiger partial charge >= 0.3 is 0 Å². The molecule has 0 heterocycles. The number of unbranched alkanes of at least 4 members (excludes halogenated alkanes) is 2. The minimum absolute atomic E-state index is 0.0583. The average Bonchev–Trinajstić information content (AvgIpc) is 2.79. The molecule has 1 aliphatic carbocycles. The molecular weight excluding hydrogens is 402 g/mol. The lowest BCUT2D eigenvalue weighted by Gasteiger charge is -2.34. The van der Waals surface area contributed by atoms with Crippen LogP contribution in [0.3, 0.4) is 0 Å². The van der Waals surface area contributed by atoms with Gasteiger partial charge < -0.3 is 4.74 Å². The van der Waals surface area contributed by atoms with Crippen LogP contribution in [0.25, 0.3) is 0 Å². The van der Waals surface area contributed by atoms with E-state index in [1.54, 1.807) is 12.1 Å². The molecule has 1 aromatic rings. The fourth-order valence-corrected chi connectivity index (χ4v) is 5.71. The molecule has 2 unspecified atom stereocenters. The maximum absolute atomic E-state index is 14.7. The molecule has 1 aliphatic rings. The maximum Gasteiger partial charge on any atom is 0.200 e. The van der Waals surface area contributed by atoms with Gasteiger partial charge in [-0.1, -0.05) is 78.2 Å². The third kappa shape index (κ3) is 8.67. The summed E-state index contributed by atoms with van der Waals surface area (Å²) < 4.78 is 35.0. The highest BCUT2D eigenvalue weighted by molar-refractivity contribution is 5.31. The molecule has 3 heteroatoms. The third-order valence-electron chi connectivity index (χ3n) is 7.60. The second kappa shape index (κ2) is 14.9. The van der Waals surface area contributed by atoms with Crippen LogP contribution in [0.1, 0.15) is 123 Å². The van der Waals surface area contributed by atoms with Gasteiger partial charge in [0.2, 0.25) is 5.82 Å². The van der Waals surface area contributed by atoms with Crippen LogP contribution in [0.4, 0.5) is 8.78 Å². The Kier molecular flexibility index (Phi) is 12.6. The van der Waals surface area contributed by atoms with Crippen molar-refractivity contribution in [1.82, 2.24) is 0 Å². The highest BCUT2D eigenvalue weighted by atomic mass is 19.2. The van der Waals surface area contributed by atoms with Crippen molar-refractivity contribution in [1.29, 1.82) is 0 Å². The van der Waals surface area contributed by atoms with Crippen molar-refractivity contribution >= 4 is 0 Å². The molecule has 0 bridgehead atoms. The SMILES string of the molecule is CCCCCC(C)Oc1ccc(CCCC(CCC)C2CCC(CCC)CC2)c(F)c1F. The van der Waals surface area contributed by atoms with Crippen LogP contribution in [-0.4, -0.2) is 6.10 Å². The van der Waals surface area contributed by atoms with Crippen LogP contribution in [0, 0.1) is 29.4 Å². The molecule has 1 nitrogen and oxygen atoms in total. The smallest absolute Gasteiger partial charge is 0.200 e. The van der Waals surface area contributed by atoms with Gasteiger partial charge in [0.25, 0.3) is 0 Å². The Morgan fingerprint density at radius 3 is 2.25 bits per heavy atom. The molecular formula is C29H48F2O. The van der Waals surface area contributed by atoms with E-state index in [9.17, 15) is 8.78 Å². The van der Waals surface area contributed by atoms with E-state index in [1.807, 2.05) is 6.92 Å². The molecule has 0 saturated heterocycles. The van der Waals surface area contributed by atoms with Crippen LogP contribution in [0.5, 0.6) is 5.75 Å². The summed E-state index contributed by atoms with van der Waals surface area (Å²) in [6, 6.07) is 3.36. The average molecular weight is 451 g/mol. The van der Waals surface area contributed by atoms with E-state index in [4.69, 9.17) is 4.74 Å². The second-order valence-electron chi connectivity index (χ2n) is 10.3. The van der Waals surface area contributed by atoms with Gasteiger partial charge in [-0.2, -0.15) is 4.39 Å². The number of benzene rings is 1. The standard InChI is InChI=1S/C29H48F2O/c1-5-8-9-13-22(4)32-27-21-20-26(28(30)29(27)31)15-10-14-24(12-7-3)25-18-16-23(11-6-2)17-19-25/h20-25H,5-19H2,1-4H3. The van der Waals surface area contributed by atoms with Crippen molar-refractivity contribution in [2.45, 2.75) is 130 Å². The lowest BCUT2D eigenvalue weighted by Crippen LogP contribution is -2.22. The summed E-state index contributed by atoms with van der Waals surface area (Å²) in [6.45, 7) is 8.65. The first-order valence-electron chi connectivity index (χ1n) is 13.6. The molecule has 0 aliphatic heterocycles. The van der Waals surface area contributed by atoms with Crippen LogP contribution < -0.4 is 4.74 Å². The summed E-state index contributed by atoms with van der Waals surface area (Å²) in [6.07, 6.45) is 17.5. The van der Waals surface area contributed by atoms with Crippen LogP contribution in [0.15, 0.2) is 12.1 Å². The fraction of sp³-hybridized carbons (Fsp3) is 0.793. The van der Waals surface area contributed by atoms with E-state index in [0.29, 0.717) is 12.0 Å². The number of halogens is 2. The Labute approximate surface area is 196 Å². The Bertz CT molecular complexity index is 636. The van der Waals surface area contributed by atoms with Gasteiger partial charge in [0.1, 0.15) is 0 Å². The number of rotatable bonds is 15. The first-order valence-corrected chi connectivity index (χ1v) is 13.6. The van der Waals surface area contributed by atoms with Crippen molar-refractivity contribution in [3.8, 4) is 5.75 Å². The quantitative estimate of drug-likeness (QED) is 0.242. The molecule has 2 rings (SSSR count). The predicted octanol–water partition coefficient (Wildman–Crippen LogP) is 9.66. The van der Waals surface area contributed by atoms with Crippen molar-refractivity contribution in [3.05, 3.63) is 29.3 Å². The normalized spacial score (nSPS) is 20.8. The van der Waals surface area contributed by atoms with Gasteiger partial charge in [-0.25, -0.2) is 4.39 Å². The maximum atomic E-state index is 14.7. The monoisotopic (exact) mass is 450 g/mol. The van der Waals surface area contributed by atoms with Crippen molar-refractivity contribution in [3.63, 3.8) is 0 Å². The lowest BCUT2D eigenvalue weighted by atomic mass is 9.72. The van der Waals surface area contributed by atoms with Crippen molar-refractivity contribution in [2.75, 3.05) is 0 Å². The van der Waals surface area contributed by atoms with E-state index in [0.717, 1.165) is 56.3 Å². The number of hydrogen-bond donors (Lipinski definition) is 0. The van der Waals surface area contributed by atoms with Gasteiger partial charge in [0.15, 0.2) is 11.6 Å². The van der Waals surface area contributed by atoms with Crippen molar-refractivity contribution < 1.29 is 13.5 Å². The molecule has 0 aromatic heterocycles. The zero-order valence-electron chi connectivity index (χ0n) is 21.2. The minimum atomic E-state index is -0.816. The zero-order valence-corrected chi connectivity index (χ0v) is 21.2. The van der Waals surface area contributed by atoms with Gasteiger partial charge in [-0.05, 0) is 81.3 Å². The van der Waals surface area contributed by atoms with Gasteiger partial charge in [0, 0.05) is 0 Å². The Hall–Kier alpha value is -1.12. The Morgan fingerprint density at radius 1 is 0.844 bits per heavy atom. The second-order valence-corrected chi connectivity index (χ2v) is 10.3. The third-order valence-corrected chi connectivity index (χ3v) is 7.60. The van der Waals surface area contributed by atoms with E-state index in [1.165, 1.54) is 51.4 Å². The molecule has 1 saturated carbocycles. The largest absolute Gasteiger partial charge is 0.488 e. The van der Waals surface area contributed by atoms with E-state index >= 15 is 0 Å². The highest BCUT2D eigenvalue weighted by Gasteiger charge is 2.26. The summed E-state index contributed by atoms with van der Waals surface area (Å²) >= 11 is 0.